The molecule has 0 amide bonds. The van der Waals surface area contributed by atoms with E-state index in [0.29, 0.717) is 13.0 Å². The summed E-state index contributed by atoms with van der Waals surface area (Å²) in [6.45, 7) is 3.84. The van der Waals surface area contributed by atoms with Crippen molar-refractivity contribution in [2.45, 2.75) is 31.9 Å². The quantitative estimate of drug-likeness (QED) is 0.503. The first kappa shape index (κ1) is 13.4. The SMILES string of the molecule is CNC(COCCC(C)(C)O)C(=O)O. The van der Waals surface area contributed by atoms with Crippen LogP contribution in [0.25, 0.3) is 0 Å². The molecule has 0 saturated heterocycles. The summed E-state index contributed by atoms with van der Waals surface area (Å²) in [4.78, 5) is 10.5. The Morgan fingerprint density at radius 2 is 2.14 bits per heavy atom. The van der Waals surface area contributed by atoms with Gasteiger partial charge in [-0.25, -0.2) is 0 Å². The van der Waals surface area contributed by atoms with Crippen LogP contribution in [-0.2, 0) is 9.53 Å². The summed E-state index contributed by atoms with van der Waals surface area (Å²) in [6.07, 6.45) is 0.489. The average Bonchev–Trinajstić information content (AvgIpc) is 2.01. The second-order valence-electron chi connectivity index (χ2n) is 3.82. The summed E-state index contributed by atoms with van der Waals surface area (Å²) < 4.78 is 5.12. The lowest BCUT2D eigenvalue weighted by atomic mass is 10.1. The molecule has 0 fully saturated rings. The molecule has 0 rings (SSSR count). The molecule has 3 N–H and O–H groups in total. The van der Waals surface area contributed by atoms with E-state index in [2.05, 4.69) is 5.32 Å². The van der Waals surface area contributed by atoms with Crippen LogP contribution in [0, 0.1) is 0 Å². The van der Waals surface area contributed by atoms with E-state index >= 15 is 0 Å². The maximum absolute atomic E-state index is 10.5. The number of hydrogen-bond donors (Lipinski definition) is 3. The highest BCUT2D eigenvalue weighted by Gasteiger charge is 2.16. The standard InChI is InChI=1S/C9H19NO4/c1-9(2,13)4-5-14-6-7(10-3)8(11)12/h7,10,13H,4-6H2,1-3H3,(H,11,12). The monoisotopic (exact) mass is 205 g/mol. The zero-order valence-corrected chi connectivity index (χ0v) is 8.91. The molecule has 0 aromatic carbocycles. The van der Waals surface area contributed by atoms with E-state index in [4.69, 9.17) is 9.84 Å². The Morgan fingerprint density at radius 3 is 2.50 bits per heavy atom. The van der Waals surface area contributed by atoms with Gasteiger partial charge in [0.25, 0.3) is 0 Å². The predicted octanol–water partition coefficient (Wildman–Crippen LogP) is -0.163. The lowest BCUT2D eigenvalue weighted by Crippen LogP contribution is -2.38. The van der Waals surface area contributed by atoms with E-state index in [0.717, 1.165) is 0 Å². The Bertz CT molecular complexity index is 176. The van der Waals surface area contributed by atoms with Crippen molar-refractivity contribution in [2.75, 3.05) is 20.3 Å². The first-order valence-electron chi connectivity index (χ1n) is 4.57. The first-order valence-corrected chi connectivity index (χ1v) is 4.57. The minimum absolute atomic E-state index is 0.113. The van der Waals surface area contributed by atoms with Crippen molar-refractivity contribution in [2.24, 2.45) is 0 Å². The molecular weight excluding hydrogens is 186 g/mol. The van der Waals surface area contributed by atoms with Crippen molar-refractivity contribution >= 4 is 5.97 Å². The molecule has 1 unspecified atom stereocenters. The first-order chi connectivity index (χ1) is 6.37. The third kappa shape index (κ3) is 6.82. The molecule has 0 heterocycles. The summed E-state index contributed by atoms with van der Waals surface area (Å²) in [5, 5.41) is 20.6. The fourth-order valence-electron chi connectivity index (χ4n) is 0.801. The lowest BCUT2D eigenvalue weighted by molar-refractivity contribution is -0.141. The van der Waals surface area contributed by atoms with Gasteiger partial charge in [-0.1, -0.05) is 0 Å². The molecule has 0 saturated carbocycles. The second-order valence-corrected chi connectivity index (χ2v) is 3.82. The van der Waals surface area contributed by atoms with Gasteiger partial charge in [0.2, 0.25) is 0 Å². The summed E-state index contributed by atoms with van der Waals surface area (Å²) in [7, 11) is 1.57. The van der Waals surface area contributed by atoms with Crippen LogP contribution in [0.4, 0.5) is 0 Å². The van der Waals surface area contributed by atoms with Crippen LogP contribution in [-0.4, -0.2) is 48.1 Å². The van der Waals surface area contributed by atoms with Gasteiger partial charge >= 0.3 is 5.97 Å². The number of hydrogen-bond acceptors (Lipinski definition) is 4. The van der Waals surface area contributed by atoms with Crippen molar-refractivity contribution in [1.82, 2.24) is 5.32 Å². The molecule has 5 heteroatoms. The van der Waals surface area contributed by atoms with Gasteiger partial charge in [0.05, 0.1) is 12.2 Å². The van der Waals surface area contributed by atoms with Crippen LogP contribution in [0.1, 0.15) is 20.3 Å². The van der Waals surface area contributed by atoms with E-state index in [9.17, 15) is 9.90 Å². The van der Waals surface area contributed by atoms with Gasteiger partial charge in [-0.05, 0) is 27.3 Å². The second kappa shape index (κ2) is 5.95. The molecule has 0 bridgehead atoms. The summed E-state index contributed by atoms with van der Waals surface area (Å²) in [5.41, 5.74) is -0.766. The smallest absolute Gasteiger partial charge is 0.323 e. The number of nitrogens with one attached hydrogen (secondary N) is 1. The van der Waals surface area contributed by atoms with Crippen molar-refractivity contribution < 1.29 is 19.7 Å². The third-order valence-corrected chi connectivity index (χ3v) is 1.79. The Morgan fingerprint density at radius 1 is 1.57 bits per heavy atom. The molecule has 0 aromatic heterocycles. The molecule has 0 spiro atoms. The Labute approximate surface area is 84.1 Å². The van der Waals surface area contributed by atoms with Crippen LogP contribution in [0.5, 0.6) is 0 Å². The number of rotatable bonds is 7. The number of carboxylic acids is 1. The Balaban J connectivity index is 3.58. The minimum Gasteiger partial charge on any atom is -0.480 e. The van der Waals surface area contributed by atoms with Crippen LogP contribution < -0.4 is 5.32 Å². The third-order valence-electron chi connectivity index (χ3n) is 1.79. The zero-order chi connectivity index (χ0) is 11.2. The molecular formula is C9H19NO4. The van der Waals surface area contributed by atoms with E-state index in [1.54, 1.807) is 20.9 Å². The van der Waals surface area contributed by atoms with E-state index in [1.807, 2.05) is 0 Å². The molecule has 0 aliphatic heterocycles. The van der Waals surface area contributed by atoms with Crippen molar-refractivity contribution in [3.05, 3.63) is 0 Å². The molecule has 0 radical (unpaired) electrons. The van der Waals surface area contributed by atoms with Gasteiger partial charge in [-0.3, -0.25) is 4.79 Å². The normalized spacial score (nSPS) is 14.0. The maximum atomic E-state index is 10.5. The summed E-state index contributed by atoms with van der Waals surface area (Å²) in [6, 6.07) is -0.684. The van der Waals surface area contributed by atoms with Crippen LogP contribution in [0.2, 0.25) is 0 Å². The van der Waals surface area contributed by atoms with E-state index in [1.165, 1.54) is 0 Å². The van der Waals surface area contributed by atoms with Gasteiger partial charge in [0.15, 0.2) is 0 Å². The molecule has 0 aliphatic carbocycles. The number of ether oxygens (including phenoxy) is 1. The van der Waals surface area contributed by atoms with Crippen molar-refractivity contribution in [3.8, 4) is 0 Å². The Kier molecular flexibility index (Phi) is 5.68. The molecule has 1 atom stereocenters. The molecule has 0 aromatic rings. The van der Waals surface area contributed by atoms with Crippen molar-refractivity contribution in [1.29, 1.82) is 0 Å². The van der Waals surface area contributed by atoms with Gasteiger partial charge in [-0.15, -0.1) is 0 Å². The number of likely N-dealkylation sites (N-methyl/N-ethyl adjacent to an activating group) is 1. The highest BCUT2D eigenvalue weighted by Crippen LogP contribution is 2.06. The average molecular weight is 205 g/mol. The zero-order valence-electron chi connectivity index (χ0n) is 8.91. The highest BCUT2D eigenvalue weighted by molar-refractivity contribution is 5.73. The molecule has 0 aliphatic rings. The summed E-state index contributed by atoms with van der Waals surface area (Å²) in [5.74, 6) is -0.934. The number of aliphatic hydroxyl groups is 1. The van der Waals surface area contributed by atoms with E-state index < -0.39 is 17.6 Å². The van der Waals surface area contributed by atoms with Gasteiger partial charge in [-0.2, -0.15) is 0 Å². The summed E-state index contributed by atoms with van der Waals surface area (Å²) >= 11 is 0. The highest BCUT2D eigenvalue weighted by atomic mass is 16.5. The number of carboxylic acid groups (broad SMARTS) is 1. The van der Waals surface area contributed by atoms with Gasteiger partial charge in [0.1, 0.15) is 6.04 Å². The van der Waals surface area contributed by atoms with Crippen LogP contribution in [0.15, 0.2) is 0 Å². The largest absolute Gasteiger partial charge is 0.480 e. The molecule has 84 valence electrons. The van der Waals surface area contributed by atoms with Crippen molar-refractivity contribution in [3.63, 3.8) is 0 Å². The van der Waals surface area contributed by atoms with Gasteiger partial charge in [0, 0.05) is 6.61 Å². The number of aliphatic carboxylic acids is 1. The molecule has 14 heavy (non-hydrogen) atoms. The fraction of sp³-hybridized carbons (Fsp3) is 0.889. The Hall–Kier alpha value is -0.650. The topological polar surface area (TPSA) is 78.8 Å². The van der Waals surface area contributed by atoms with Crippen LogP contribution in [0.3, 0.4) is 0 Å². The predicted molar refractivity (Wildman–Crippen MR) is 52.2 cm³/mol. The lowest BCUT2D eigenvalue weighted by Gasteiger charge is -2.17. The van der Waals surface area contributed by atoms with Gasteiger partial charge < -0.3 is 20.3 Å². The van der Waals surface area contributed by atoms with E-state index in [-0.39, 0.29) is 6.61 Å². The molecule has 5 nitrogen and oxygen atoms in total. The number of carbonyl (C=O) groups is 1. The fourth-order valence-corrected chi connectivity index (χ4v) is 0.801. The maximum Gasteiger partial charge on any atom is 0.323 e. The van der Waals surface area contributed by atoms with Crippen LogP contribution >= 0.6 is 0 Å². The minimum atomic E-state index is -0.934.